The van der Waals surface area contributed by atoms with Crippen LogP contribution >= 0.6 is 24.0 Å². The first-order valence-corrected chi connectivity index (χ1v) is 10.4. The van der Waals surface area contributed by atoms with Gasteiger partial charge in [-0.05, 0) is 57.0 Å². The van der Waals surface area contributed by atoms with Gasteiger partial charge in [0.15, 0.2) is 17.5 Å². The molecule has 1 aliphatic heterocycles. The van der Waals surface area contributed by atoms with Crippen molar-refractivity contribution in [2.45, 2.75) is 39.8 Å². The molecule has 164 valence electrons. The molecule has 1 heterocycles. The Labute approximate surface area is 196 Å². The molecule has 30 heavy (non-hydrogen) atoms. The first-order valence-electron chi connectivity index (χ1n) is 10.4. The lowest BCUT2D eigenvalue weighted by Crippen LogP contribution is -2.44. The molecule has 1 saturated heterocycles. The maximum atomic E-state index is 9.86. The van der Waals surface area contributed by atoms with Crippen LogP contribution in [0.4, 0.5) is 5.69 Å². The van der Waals surface area contributed by atoms with Gasteiger partial charge in [-0.1, -0.05) is 23.8 Å². The molecule has 0 amide bonds. The third-order valence-corrected chi connectivity index (χ3v) is 5.02. The van der Waals surface area contributed by atoms with E-state index in [1.807, 2.05) is 19.1 Å². The molecule has 0 bridgehead atoms. The highest BCUT2D eigenvalue weighted by molar-refractivity contribution is 14.0. The van der Waals surface area contributed by atoms with Crippen molar-refractivity contribution in [2.24, 2.45) is 4.99 Å². The number of hydrogen-bond acceptors (Lipinski definition) is 4. The largest absolute Gasteiger partial charge is 0.504 e. The van der Waals surface area contributed by atoms with E-state index in [-0.39, 0.29) is 29.7 Å². The average molecular weight is 524 g/mol. The molecule has 1 atom stereocenters. The van der Waals surface area contributed by atoms with Gasteiger partial charge in [0.25, 0.3) is 0 Å². The van der Waals surface area contributed by atoms with Crippen LogP contribution in [0.5, 0.6) is 11.5 Å². The minimum atomic E-state index is 0. The Morgan fingerprint density at radius 1 is 1.20 bits per heavy atom. The molecule has 0 aliphatic carbocycles. The molecule has 2 aromatic carbocycles. The Morgan fingerprint density at radius 2 is 1.97 bits per heavy atom. The number of halogens is 1. The predicted octanol–water partition coefficient (Wildman–Crippen LogP) is 4.05. The number of aliphatic imine (C=N–C) groups is 1. The summed E-state index contributed by atoms with van der Waals surface area (Å²) in [5.74, 6) is 1.48. The van der Waals surface area contributed by atoms with Crippen molar-refractivity contribution in [3.63, 3.8) is 0 Å². The number of anilines is 1. The van der Waals surface area contributed by atoms with Gasteiger partial charge in [-0.2, -0.15) is 0 Å². The van der Waals surface area contributed by atoms with Gasteiger partial charge in [-0.15, -0.1) is 24.0 Å². The van der Waals surface area contributed by atoms with E-state index in [2.05, 4.69) is 53.6 Å². The maximum Gasteiger partial charge on any atom is 0.191 e. The molecule has 6 nitrogen and oxygen atoms in total. The lowest BCUT2D eigenvalue weighted by atomic mass is 10.2. The number of nitrogens with one attached hydrogen (secondary N) is 2. The van der Waals surface area contributed by atoms with Crippen molar-refractivity contribution in [1.29, 1.82) is 0 Å². The van der Waals surface area contributed by atoms with E-state index >= 15 is 0 Å². The van der Waals surface area contributed by atoms with Gasteiger partial charge in [0.05, 0.1) is 13.2 Å². The third-order valence-electron chi connectivity index (χ3n) is 5.02. The van der Waals surface area contributed by atoms with Crippen molar-refractivity contribution in [3.8, 4) is 11.5 Å². The van der Waals surface area contributed by atoms with E-state index in [0.717, 1.165) is 37.6 Å². The second-order valence-electron chi connectivity index (χ2n) is 7.34. The Bertz CT molecular complexity index is 826. The second-order valence-corrected chi connectivity index (χ2v) is 7.34. The van der Waals surface area contributed by atoms with Crippen LogP contribution in [-0.4, -0.2) is 43.3 Å². The molecule has 0 spiro atoms. The average Bonchev–Trinajstić information content (AvgIpc) is 3.18. The number of aromatic hydroxyl groups is 1. The fraction of sp³-hybridized carbons (Fsp3) is 0.435. The Balaban J connectivity index is 0.00000320. The molecule has 0 radical (unpaired) electrons. The van der Waals surface area contributed by atoms with Crippen molar-refractivity contribution >= 4 is 35.6 Å². The van der Waals surface area contributed by atoms with E-state index in [0.29, 0.717) is 24.9 Å². The van der Waals surface area contributed by atoms with Crippen molar-refractivity contribution < 1.29 is 9.84 Å². The number of benzene rings is 2. The van der Waals surface area contributed by atoms with Crippen molar-refractivity contribution in [2.75, 3.05) is 31.1 Å². The summed E-state index contributed by atoms with van der Waals surface area (Å²) in [6, 6.07) is 14.4. The molecule has 1 fully saturated rings. The van der Waals surface area contributed by atoms with E-state index < -0.39 is 0 Å². The van der Waals surface area contributed by atoms with Crippen molar-refractivity contribution in [1.82, 2.24) is 10.6 Å². The van der Waals surface area contributed by atoms with Crippen LogP contribution in [-0.2, 0) is 6.54 Å². The van der Waals surface area contributed by atoms with Gasteiger partial charge in [-0.3, -0.25) is 0 Å². The summed E-state index contributed by atoms with van der Waals surface area (Å²) in [6.45, 7) is 9.92. The van der Waals surface area contributed by atoms with Gasteiger partial charge in [0, 0.05) is 31.4 Å². The van der Waals surface area contributed by atoms with E-state index in [4.69, 9.17) is 9.73 Å². The first-order chi connectivity index (χ1) is 14.1. The molecule has 0 aromatic heterocycles. The van der Waals surface area contributed by atoms with Gasteiger partial charge in [-0.25, -0.2) is 4.99 Å². The molecule has 1 unspecified atom stereocenters. The predicted molar refractivity (Wildman–Crippen MR) is 134 cm³/mol. The summed E-state index contributed by atoms with van der Waals surface area (Å²) in [5.41, 5.74) is 3.55. The number of ether oxygens (including phenoxy) is 1. The summed E-state index contributed by atoms with van der Waals surface area (Å²) in [7, 11) is 0. The molecule has 7 heteroatoms. The number of nitrogens with zero attached hydrogens (tertiary/aromatic N) is 2. The quantitative estimate of drug-likeness (QED) is 0.290. The summed E-state index contributed by atoms with van der Waals surface area (Å²) in [6.07, 6.45) is 1.08. The number of guanidine groups is 1. The van der Waals surface area contributed by atoms with E-state index in [1.54, 1.807) is 6.07 Å². The molecular weight excluding hydrogens is 491 g/mol. The highest BCUT2D eigenvalue weighted by Crippen LogP contribution is 2.27. The highest BCUT2D eigenvalue weighted by atomic mass is 127. The number of aryl methyl sites for hydroxylation is 1. The van der Waals surface area contributed by atoms with Gasteiger partial charge >= 0.3 is 0 Å². The minimum absolute atomic E-state index is 0. The molecule has 3 N–H and O–H groups in total. The lowest BCUT2D eigenvalue weighted by molar-refractivity contribution is 0.318. The highest BCUT2D eigenvalue weighted by Gasteiger charge is 2.23. The zero-order valence-electron chi connectivity index (χ0n) is 18.0. The number of hydrogen-bond donors (Lipinski definition) is 3. The normalized spacial score (nSPS) is 16.2. The first kappa shape index (κ1) is 24.1. The van der Waals surface area contributed by atoms with Crippen molar-refractivity contribution in [3.05, 3.63) is 53.6 Å². The van der Waals surface area contributed by atoms with Crippen LogP contribution in [0.3, 0.4) is 0 Å². The van der Waals surface area contributed by atoms with Crippen LogP contribution in [0.25, 0.3) is 0 Å². The van der Waals surface area contributed by atoms with Crippen LogP contribution < -0.4 is 20.3 Å². The number of rotatable bonds is 7. The Hall–Kier alpha value is -2.16. The number of phenols is 1. The molecular formula is C23H33IN4O2. The van der Waals surface area contributed by atoms with E-state index in [9.17, 15) is 5.11 Å². The Morgan fingerprint density at radius 3 is 2.67 bits per heavy atom. The van der Waals surface area contributed by atoms with Gasteiger partial charge < -0.3 is 25.4 Å². The SMILES string of the molecule is CCNC(=NCc1ccc(O)c(OCC)c1)NC1CCN(c2ccc(C)cc2)C1.I. The standard InChI is InChI=1S/C23H32N4O2.HI/c1-4-24-23(25-15-18-8-11-21(28)22(14-18)29-5-2)26-19-12-13-27(16-19)20-9-6-17(3)7-10-20;/h6-11,14,19,28H,4-5,12-13,15-16H2,1-3H3,(H2,24,25,26);1H. The topological polar surface area (TPSA) is 69.1 Å². The van der Waals surface area contributed by atoms with Crippen LogP contribution in [0, 0.1) is 6.92 Å². The second kappa shape index (κ2) is 11.9. The summed E-state index contributed by atoms with van der Waals surface area (Å²) in [4.78, 5) is 7.14. The molecule has 1 aliphatic rings. The van der Waals surface area contributed by atoms with Crippen LogP contribution in [0.15, 0.2) is 47.5 Å². The Kier molecular flexibility index (Phi) is 9.55. The van der Waals surface area contributed by atoms with Gasteiger partial charge in [0.1, 0.15) is 0 Å². The lowest BCUT2D eigenvalue weighted by Gasteiger charge is -2.20. The monoisotopic (exact) mass is 524 g/mol. The zero-order chi connectivity index (χ0) is 20.6. The molecule has 3 rings (SSSR count). The van der Waals surface area contributed by atoms with Crippen LogP contribution in [0.1, 0.15) is 31.4 Å². The molecule has 0 saturated carbocycles. The summed E-state index contributed by atoms with van der Waals surface area (Å²) in [5, 5.41) is 16.8. The van der Waals surface area contributed by atoms with Crippen LogP contribution in [0.2, 0.25) is 0 Å². The summed E-state index contributed by atoms with van der Waals surface area (Å²) >= 11 is 0. The van der Waals surface area contributed by atoms with E-state index in [1.165, 1.54) is 11.3 Å². The smallest absolute Gasteiger partial charge is 0.191 e. The third kappa shape index (κ3) is 6.68. The molecule has 2 aromatic rings. The zero-order valence-corrected chi connectivity index (χ0v) is 20.3. The van der Waals surface area contributed by atoms with Gasteiger partial charge in [0.2, 0.25) is 0 Å². The summed E-state index contributed by atoms with van der Waals surface area (Å²) < 4.78 is 5.47. The maximum absolute atomic E-state index is 9.86. The minimum Gasteiger partial charge on any atom is -0.504 e. The fourth-order valence-electron chi connectivity index (χ4n) is 3.48. The number of phenolic OH excluding ortho intramolecular Hbond substituents is 1. The fourth-order valence-corrected chi connectivity index (χ4v) is 3.48.